The number of pyridine rings is 1. The second kappa shape index (κ2) is 2.73. The zero-order valence-corrected chi connectivity index (χ0v) is 6.56. The van der Waals surface area contributed by atoms with Crippen LogP contribution in [0.4, 0.5) is 0 Å². The Morgan fingerprint density at radius 1 is 1.33 bits per heavy atom. The Kier molecular flexibility index (Phi) is 1.59. The van der Waals surface area contributed by atoms with Gasteiger partial charge in [-0.15, -0.1) is 10.2 Å². The number of nitrogens with zero attached hydrogens (tertiary/aromatic N) is 3. The topological polar surface area (TPSA) is 51.8 Å². The molecule has 4 nitrogen and oxygen atoms in total. The number of rotatable bonds is 1. The Balaban J connectivity index is 2.48. The SMILES string of the molecule is Cc1cccc(-c2nnco2)n1. The molecule has 0 aliphatic rings. The third-order valence-corrected chi connectivity index (χ3v) is 1.47. The normalized spacial score (nSPS) is 10.1. The van der Waals surface area contributed by atoms with E-state index in [1.807, 2.05) is 25.1 Å². The molecule has 0 aliphatic carbocycles. The summed E-state index contributed by atoms with van der Waals surface area (Å²) in [5, 5.41) is 7.32. The first-order valence-corrected chi connectivity index (χ1v) is 3.56. The Hall–Kier alpha value is -1.71. The zero-order chi connectivity index (χ0) is 8.39. The van der Waals surface area contributed by atoms with E-state index in [2.05, 4.69) is 15.2 Å². The van der Waals surface area contributed by atoms with Crippen LogP contribution < -0.4 is 0 Å². The fourth-order valence-corrected chi connectivity index (χ4v) is 0.947. The lowest BCUT2D eigenvalue weighted by Crippen LogP contribution is -1.85. The number of hydrogen-bond acceptors (Lipinski definition) is 4. The Bertz CT molecular complexity index is 370. The van der Waals surface area contributed by atoms with Gasteiger partial charge in [0.25, 0.3) is 5.89 Å². The summed E-state index contributed by atoms with van der Waals surface area (Å²) >= 11 is 0. The second-order valence-corrected chi connectivity index (χ2v) is 2.41. The summed E-state index contributed by atoms with van der Waals surface area (Å²) in [6, 6.07) is 5.66. The summed E-state index contributed by atoms with van der Waals surface area (Å²) in [4.78, 5) is 4.22. The zero-order valence-electron chi connectivity index (χ0n) is 6.56. The maximum Gasteiger partial charge on any atom is 0.266 e. The van der Waals surface area contributed by atoms with Gasteiger partial charge in [-0.1, -0.05) is 6.07 Å². The molecule has 4 heteroatoms. The predicted molar refractivity (Wildman–Crippen MR) is 42.3 cm³/mol. The summed E-state index contributed by atoms with van der Waals surface area (Å²) in [7, 11) is 0. The third kappa shape index (κ3) is 1.18. The monoisotopic (exact) mass is 161 g/mol. The van der Waals surface area contributed by atoms with E-state index >= 15 is 0 Å². The molecule has 0 atom stereocenters. The molecule has 2 aromatic rings. The Morgan fingerprint density at radius 3 is 2.92 bits per heavy atom. The molecule has 0 spiro atoms. The van der Waals surface area contributed by atoms with Gasteiger partial charge in [0.05, 0.1) is 0 Å². The van der Waals surface area contributed by atoms with E-state index in [1.165, 1.54) is 6.39 Å². The molecule has 0 aliphatic heterocycles. The van der Waals surface area contributed by atoms with Gasteiger partial charge in [0.15, 0.2) is 0 Å². The predicted octanol–water partition coefficient (Wildman–Crippen LogP) is 1.44. The van der Waals surface area contributed by atoms with Crippen LogP contribution in [0.5, 0.6) is 0 Å². The fraction of sp³-hybridized carbons (Fsp3) is 0.125. The van der Waals surface area contributed by atoms with Gasteiger partial charge in [-0.05, 0) is 19.1 Å². The smallest absolute Gasteiger partial charge is 0.266 e. The van der Waals surface area contributed by atoms with Gasteiger partial charge in [0.1, 0.15) is 5.69 Å². The average Bonchev–Trinajstić information content (AvgIpc) is 2.56. The lowest BCUT2D eigenvalue weighted by Gasteiger charge is -1.93. The number of aromatic nitrogens is 3. The van der Waals surface area contributed by atoms with Gasteiger partial charge in [-0.25, -0.2) is 4.98 Å². The molecule has 0 radical (unpaired) electrons. The molecule has 12 heavy (non-hydrogen) atoms. The molecular formula is C8H7N3O. The van der Waals surface area contributed by atoms with Crippen LogP contribution in [0.15, 0.2) is 29.0 Å². The van der Waals surface area contributed by atoms with Crippen molar-refractivity contribution in [2.24, 2.45) is 0 Å². The van der Waals surface area contributed by atoms with Crippen LogP contribution in [-0.2, 0) is 0 Å². The first-order valence-electron chi connectivity index (χ1n) is 3.56. The van der Waals surface area contributed by atoms with E-state index in [-0.39, 0.29) is 0 Å². The highest BCUT2D eigenvalue weighted by molar-refractivity contribution is 5.45. The third-order valence-electron chi connectivity index (χ3n) is 1.47. The minimum Gasteiger partial charge on any atom is -0.422 e. The van der Waals surface area contributed by atoms with Crippen LogP contribution in [0.25, 0.3) is 11.6 Å². The lowest BCUT2D eigenvalue weighted by atomic mass is 10.3. The summed E-state index contributed by atoms with van der Waals surface area (Å²) in [6.45, 7) is 1.92. The van der Waals surface area contributed by atoms with Gasteiger partial charge >= 0.3 is 0 Å². The van der Waals surface area contributed by atoms with E-state index in [1.54, 1.807) is 0 Å². The molecule has 0 saturated carbocycles. The van der Waals surface area contributed by atoms with Gasteiger partial charge in [-0.3, -0.25) is 0 Å². The maximum atomic E-state index is 4.99. The Labute approximate surface area is 69.3 Å². The molecule has 0 amide bonds. The van der Waals surface area contributed by atoms with Crippen LogP contribution in [-0.4, -0.2) is 15.2 Å². The molecule has 0 bridgehead atoms. The van der Waals surface area contributed by atoms with E-state index < -0.39 is 0 Å². The van der Waals surface area contributed by atoms with Crippen LogP contribution in [0.3, 0.4) is 0 Å². The van der Waals surface area contributed by atoms with E-state index in [0.29, 0.717) is 11.6 Å². The highest BCUT2D eigenvalue weighted by atomic mass is 16.4. The molecule has 2 rings (SSSR count). The van der Waals surface area contributed by atoms with Crippen molar-refractivity contribution in [1.82, 2.24) is 15.2 Å². The van der Waals surface area contributed by atoms with Crippen molar-refractivity contribution in [3.63, 3.8) is 0 Å². The highest BCUT2D eigenvalue weighted by Crippen LogP contribution is 2.12. The van der Waals surface area contributed by atoms with Crippen molar-refractivity contribution >= 4 is 0 Å². The molecule has 0 N–H and O–H groups in total. The second-order valence-electron chi connectivity index (χ2n) is 2.41. The average molecular weight is 161 g/mol. The van der Waals surface area contributed by atoms with Gasteiger partial charge < -0.3 is 4.42 Å². The standard InChI is InChI=1S/C8H7N3O/c1-6-3-2-4-7(10-6)8-11-9-5-12-8/h2-5H,1H3. The van der Waals surface area contributed by atoms with Gasteiger partial charge in [0, 0.05) is 5.69 Å². The van der Waals surface area contributed by atoms with E-state index in [9.17, 15) is 0 Å². The molecule has 0 aromatic carbocycles. The minimum atomic E-state index is 0.457. The van der Waals surface area contributed by atoms with Crippen LogP contribution >= 0.6 is 0 Å². The number of hydrogen-bond donors (Lipinski definition) is 0. The molecule has 60 valence electrons. The lowest BCUT2D eigenvalue weighted by molar-refractivity contribution is 0.566. The molecule has 0 saturated heterocycles. The van der Waals surface area contributed by atoms with Crippen molar-refractivity contribution in [3.05, 3.63) is 30.3 Å². The summed E-state index contributed by atoms with van der Waals surface area (Å²) < 4.78 is 4.99. The number of aryl methyl sites for hydroxylation is 1. The molecular weight excluding hydrogens is 154 g/mol. The first-order chi connectivity index (χ1) is 5.86. The van der Waals surface area contributed by atoms with Crippen molar-refractivity contribution in [3.8, 4) is 11.6 Å². The quantitative estimate of drug-likeness (QED) is 0.635. The molecule has 0 unspecified atom stereocenters. The summed E-state index contributed by atoms with van der Waals surface area (Å²) in [6.07, 6.45) is 1.29. The molecule has 0 fully saturated rings. The van der Waals surface area contributed by atoms with Crippen LogP contribution in [0.1, 0.15) is 5.69 Å². The first kappa shape index (κ1) is 6.97. The Morgan fingerprint density at radius 2 is 2.25 bits per heavy atom. The van der Waals surface area contributed by atoms with Crippen molar-refractivity contribution in [2.45, 2.75) is 6.92 Å². The summed E-state index contributed by atoms with van der Waals surface area (Å²) in [5.74, 6) is 0.457. The van der Waals surface area contributed by atoms with E-state index in [4.69, 9.17) is 4.42 Å². The van der Waals surface area contributed by atoms with Gasteiger partial charge in [-0.2, -0.15) is 0 Å². The minimum absolute atomic E-state index is 0.457. The van der Waals surface area contributed by atoms with E-state index in [0.717, 1.165) is 5.69 Å². The fourth-order valence-electron chi connectivity index (χ4n) is 0.947. The van der Waals surface area contributed by atoms with Crippen LogP contribution in [0.2, 0.25) is 0 Å². The van der Waals surface area contributed by atoms with Crippen molar-refractivity contribution in [1.29, 1.82) is 0 Å². The molecule has 2 aromatic heterocycles. The van der Waals surface area contributed by atoms with Crippen molar-refractivity contribution < 1.29 is 4.42 Å². The largest absolute Gasteiger partial charge is 0.422 e. The highest BCUT2D eigenvalue weighted by Gasteiger charge is 2.03. The molecule has 2 heterocycles. The van der Waals surface area contributed by atoms with Crippen molar-refractivity contribution in [2.75, 3.05) is 0 Å². The van der Waals surface area contributed by atoms with Crippen LogP contribution in [0, 0.1) is 6.92 Å². The van der Waals surface area contributed by atoms with Gasteiger partial charge in [0.2, 0.25) is 6.39 Å². The maximum absolute atomic E-state index is 4.99. The summed E-state index contributed by atoms with van der Waals surface area (Å²) in [5.41, 5.74) is 1.65.